The van der Waals surface area contributed by atoms with Gasteiger partial charge in [-0.15, -0.1) is 0 Å². The molecule has 6 rings (SSSR count). The lowest BCUT2D eigenvalue weighted by atomic mass is 10.1. The summed E-state index contributed by atoms with van der Waals surface area (Å²) in [5.41, 5.74) is 2.62. The molecule has 0 saturated heterocycles. The molecule has 2 nitrogen and oxygen atoms in total. The minimum Gasteiger partial charge on any atom is -0.335 e. The van der Waals surface area contributed by atoms with E-state index < -0.39 is 0 Å². The number of hydrogen-bond acceptors (Lipinski definition) is 3. The minimum absolute atomic E-state index is 0.957. The summed E-state index contributed by atoms with van der Waals surface area (Å²) < 4.78 is 3.73. The molecule has 0 saturated carbocycles. The Hall–Kier alpha value is -3.60. The maximum absolute atomic E-state index is 2.40. The summed E-state index contributed by atoms with van der Waals surface area (Å²) in [7, 11) is 0. The standard InChI is InChI=1S/C33H29N2S2/c1-3-34-28-20-24-14-10-12-16-26(24)22-30(28)36-32(34)18-8-6-5-7-9-19-33-35(4-2)29-21-25-15-11-13-17-27(25)23-31(29)37-33/h5-23H,3-4H2,1-2H3/q+1. The molecule has 182 valence electrons. The molecule has 1 aliphatic heterocycles. The van der Waals surface area contributed by atoms with Crippen molar-refractivity contribution in [3.8, 4) is 0 Å². The Kier molecular flexibility index (Phi) is 6.69. The van der Waals surface area contributed by atoms with E-state index in [1.807, 2.05) is 23.1 Å². The number of hydrogen-bond donors (Lipinski definition) is 0. The maximum atomic E-state index is 2.40. The Morgan fingerprint density at radius 3 is 2.14 bits per heavy atom. The number of aryl methyl sites for hydroxylation is 1. The van der Waals surface area contributed by atoms with Gasteiger partial charge < -0.3 is 4.90 Å². The highest BCUT2D eigenvalue weighted by Crippen LogP contribution is 2.47. The summed E-state index contributed by atoms with van der Waals surface area (Å²) in [6, 6.07) is 26.4. The summed E-state index contributed by atoms with van der Waals surface area (Å²) in [4.78, 5) is 3.73. The number of thiazole rings is 1. The van der Waals surface area contributed by atoms with Crippen LogP contribution in [-0.4, -0.2) is 6.54 Å². The number of nitrogens with zero attached hydrogens (tertiary/aromatic N) is 2. The molecule has 5 aromatic rings. The first kappa shape index (κ1) is 23.8. The van der Waals surface area contributed by atoms with Gasteiger partial charge in [-0.2, -0.15) is 4.57 Å². The van der Waals surface area contributed by atoms with Crippen LogP contribution in [0.3, 0.4) is 0 Å². The number of fused-ring (bicyclic) bond motifs is 4. The Bertz CT molecular complexity index is 1740. The number of anilines is 1. The molecule has 0 amide bonds. The van der Waals surface area contributed by atoms with Crippen LogP contribution in [0.2, 0.25) is 0 Å². The fourth-order valence-corrected chi connectivity index (χ4v) is 7.28. The van der Waals surface area contributed by atoms with Gasteiger partial charge in [0.25, 0.3) is 5.01 Å². The second-order valence-corrected chi connectivity index (χ2v) is 11.1. The quantitative estimate of drug-likeness (QED) is 0.164. The van der Waals surface area contributed by atoms with E-state index in [9.17, 15) is 0 Å². The molecule has 0 bridgehead atoms. The first-order valence-electron chi connectivity index (χ1n) is 12.8. The fraction of sp³-hybridized carbons (Fsp3) is 0.121. The van der Waals surface area contributed by atoms with Gasteiger partial charge in [-0.1, -0.05) is 102 Å². The van der Waals surface area contributed by atoms with Gasteiger partial charge in [0.1, 0.15) is 11.2 Å². The average Bonchev–Trinajstić information content (AvgIpc) is 3.45. The molecule has 37 heavy (non-hydrogen) atoms. The predicted molar refractivity (Wildman–Crippen MR) is 163 cm³/mol. The first-order valence-corrected chi connectivity index (χ1v) is 14.4. The molecule has 0 unspecified atom stereocenters. The van der Waals surface area contributed by atoms with Gasteiger partial charge in [-0.25, -0.2) is 0 Å². The minimum atomic E-state index is 0.957. The van der Waals surface area contributed by atoms with E-state index in [4.69, 9.17) is 0 Å². The normalized spacial score (nSPS) is 15.1. The number of allylic oxidation sites excluding steroid dienone is 6. The summed E-state index contributed by atoms with van der Waals surface area (Å²) in [6.45, 7) is 6.34. The van der Waals surface area contributed by atoms with Crippen LogP contribution in [-0.2, 0) is 6.54 Å². The lowest BCUT2D eigenvalue weighted by Gasteiger charge is -2.18. The first-order chi connectivity index (χ1) is 18.2. The Morgan fingerprint density at radius 2 is 1.41 bits per heavy atom. The van der Waals surface area contributed by atoms with Gasteiger partial charge in [-0.3, -0.25) is 0 Å². The van der Waals surface area contributed by atoms with Crippen molar-refractivity contribution in [3.05, 3.63) is 119 Å². The smallest absolute Gasteiger partial charge is 0.262 e. The highest BCUT2D eigenvalue weighted by atomic mass is 32.2. The van der Waals surface area contributed by atoms with Crippen molar-refractivity contribution in [1.29, 1.82) is 0 Å². The predicted octanol–water partition coefficient (Wildman–Crippen LogP) is 9.11. The van der Waals surface area contributed by atoms with Crippen LogP contribution in [0.4, 0.5) is 5.69 Å². The SMILES string of the molecule is CCN1/C(=C/C=C/C=C/C=C/c2sc3cc4ccccc4cc3[n+]2CC)Sc2cc3ccccc3cc21. The lowest BCUT2D eigenvalue weighted by molar-refractivity contribution is -0.665. The number of aromatic nitrogens is 1. The van der Waals surface area contributed by atoms with E-state index in [1.54, 1.807) is 0 Å². The third kappa shape index (κ3) is 4.63. The molecule has 2 heterocycles. The Balaban J connectivity index is 1.17. The van der Waals surface area contributed by atoms with E-state index in [0.717, 1.165) is 13.1 Å². The highest BCUT2D eigenvalue weighted by molar-refractivity contribution is 8.03. The molecule has 4 aromatic carbocycles. The molecule has 0 radical (unpaired) electrons. The van der Waals surface area contributed by atoms with E-state index in [2.05, 4.69) is 139 Å². The van der Waals surface area contributed by atoms with Gasteiger partial charge in [0, 0.05) is 23.6 Å². The van der Waals surface area contributed by atoms with E-state index in [0.29, 0.717) is 0 Å². The zero-order valence-electron chi connectivity index (χ0n) is 21.1. The van der Waals surface area contributed by atoms with Gasteiger partial charge in [0.15, 0.2) is 0 Å². The van der Waals surface area contributed by atoms with Crippen molar-refractivity contribution in [2.75, 3.05) is 11.4 Å². The molecule has 0 N–H and O–H groups in total. The zero-order chi connectivity index (χ0) is 25.2. The van der Waals surface area contributed by atoms with Gasteiger partial charge in [-0.05, 0) is 59.7 Å². The van der Waals surface area contributed by atoms with Crippen molar-refractivity contribution < 1.29 is 4.57 Å². The topological polar surface area (TPSA) is 7.12 Å². The van der Waals surface area contributed by atoms with Crippen LogP contribution in [0.15, 0.2) is 119 Å². The number of rotatable bonds is 6. The van der Waals surface area contributed by atoms with Crippen LogP contribution in [0.25, 0.3) is 37.8 Å². The summed E-state index contributed by atoms with van der Waals surface area (Å²) in [5.74, 6) is 0. The third-order valence-electron chi connectivity index (χ3n) is 6.75. The molecule has 4 heteroatoms. The number of thioether (sulfide) groups is 1. The van der Waals surface area contributed by atoms with E-state index in [-0.39, 0.29) is 0 Å². The second kappa shape index (κ2) is 10.4. The average molecular weight is 518 g/mol. The van der Waals surface area contributed by atoms with Crippen LogP contribution < -0.4 is 9.47 Å². The van der Waals surface area contributed by atoms with Crippen molar-refractivity contribution in [1.82, 2.24) is 0 Å². The Morgan fingerprint density at radius 1 is 0.757 bits per heavy atom. The van der Waals surface area contributed by atoms with Crippen molar-refractivity contribution in [2.45, 2.75) is 25.3 Å². The van der Waals surface area contributed by atoms with Crippen molar-refractivity contribution in [3.63, 3.8) is 0 Å². The highest BCUT2D eigenvalue weighted by Gasteiger charge is 2.24. The maximum Gasteiger partial charge on any atom is 0.262 e. The fourth-order valence-electron chi connectivity index (χ4n) is 4.94. The largest absolute Gasteiger partial charge is 0.335 e. The van der Waals surface area contributed by atoms with Crippen LogP contribution in [0.5, 0.6) is 0 Å². The van der Waals surface area contributed by atoms with Gasteiger partial charge >= 0.3 is 0 Å². The summed E-state index contributed by atoms with van der Waals surface area (Å²) in [5, 5.41) is 7.73. The molecular weight excluding hydrogens is 489 g/mol. The molecule has 1 aliphatic rings. The Labute approximate surface area is 226 Å². The van der Waals surface area contributed by atoms with E-state index >= 15 is 0 Å². The van der Waals surface area contributed by atoms with Crippen molar-refractivity contribution >= 4 is 66.6 Å². The van der Waals surface area contributed by atoms with Crippen LogP contribution >= 0.6 is 23.1 Å². The summed E-state index contributed by atoms with van der Waals surface area (Å²) >= 11 is 3.70. The molecule has 0 atom stereocenters. The summed E-state index contributed by atoms with van der Waals surface area (Å²) in [6.07, 6.45) is 15.0. The van der Waals surface area contributed by atoms with E-state index in [1.165, 1.54) is 52.4 Å². The monoisotopic (exact) mass is 517 g/mol. The van der Waals surface area contributed by atoms with Gasteiger partial charge in [0.2, 0.25) is 5.52 Å². The van der Waals surface area contributed by atoms with Crippen LogP contribution in [0, 0.1) is 0 Å². The second-order valence-electron chi connectivity index (χ2n) is 9.00. The molecule has 0 aliphatic carbocycles. The van der Waals surface area contributed by atoms with Crippen LogP contribution in [0.1, 0.15) is 18.9 Å². The molecule has 1 aromatic heterocycles. The third-order valence-corrected chi connectivity index (χ3v) is 8.98. The molecule has 0 spiro atoms. The lowest BCUT2D eigenvalue weighted by Crippen LogP contribution is -2.33. The zero-order valence-corrected chi connectivity index (χ0v) is 22.7. The van der Waals surface area contributed by atoms with Gasteiger partial charge in [0.05, 0.1) is 10.7 Å². The molecular formula is C33H29N2S2+. The van der Waals surface area contributed by atoms with Crippen molar-refractivity contribution in [2.24, 2.45) is 0 Å². The molecule has 0 fully saturated rings. The number of benzene rings is 4.